The van der Waals surface area contributed by atoms with Gasteiger partial charge in [0, 0.05) is 11.1 Å². The highest BCUT2D eigenvalue weighted by molar-refractivity contribution is 5.96. The molecule has 3 rings (SSSR count). The summed E-state index contributed by atoms with van der Waals surface area (Å²) in [7, 11) is 3.09. The fraction of sp³-hybridized carbons (Fsp3) is 0.238. The molecule has 0 saturated carbocycles. The van der Waals surface area contributed by atoms with E-state index in [9.17, 15) is 9.59 Å². The number of hydrogen-bond acceptors (Lipinski definition) is 8. The number of carbonyl (C=O) groups is 2. The second-order valence-corrected chi connectivity index (χ2v) is 6.22. The minimum absolute atomic E-state index is 0.147. The highest BCUT2D eigenvalue weighted by Gasteiger charge is 2.19. The lowest BCUT2D eigenvalue weighted by atomic mass is 10.2. The second kappa shape index (κ2) is 9.55. The summed E-state index contributed by atoms with van der Waals surface area (Å²) in [6.07, 6.45) is -0.772. The van der Waals surface area contributed by atoms with Crippen molar-refractivity contribution in [2.75, 3.05) is 20.8 Å². The van der Waals surface area contributed by atoms with E-state index in [2.05, 4.69) is 15.5 Å². The molecule has 30 heavy (non-hydrogen) atoms. The van der Waals surface area contributed by atoms with Gasteiger partial charge in [-0.15, -0.1) is 10.2 Å². The van der Waals surface area contributed by atoms with Crippen LogP contribution in [0.15, 0.2) is 52.9 Å². The first kappa shape index (κ1) is 20.8. The van der Waals surface area contributed by atoms with Gasteiger partial charge in [0.1, 0.15) is 18.0 Å². The number of ether oxygens (including phenoxy) is 3. The van der Waals surface area contributed by atoms with Gasteiger partial charge in [-0.2, -0.15) is 0 Å². The standard InChI is InChI=1S/C21H21N3O6/c1-13(20-23-24-21(30-20)14-7-9-16(27-2)10-8-14)29-18(25)12-22-19(26)15-5-4-6-17(11-15)28-3/h4-11,13H,12H2,1-3H3,(H,22,26)/t13-/m1/s1. The van der Waals surface area contributed by atoms with E-state index in [0.717, 1.165) is 0 Å². The molecule has 1 heterocycles. The molecule has 0 aliphatic rings. The van der Waals surface area contributed by atoms with Crippen LogP contribution in [0.5, 0.6) is 11.5 Å². The van der Waals surface area contributed by atoms with E-state index in [1.54, 1.807) is 62.6 Å². The van der Waals surface area contributed by atoms with Crippen LogP contribution in [0.25, 0.3) is 11.5 Å². The van der Waals surface area contributed by atoms with Crippen LogP contribution in [0.4, 0.5) is 0 Å². The molecular formula is C21H21N3O6. The highest BCUT2D eigenvalue weighted by atomic mass is 16.6. The van der Waals surface area contributed by atoms with E-state index < -0.39 is 18.0 Å². The molecule has 0 bridgehead atoms. The number of amides is 1. The molecule has 0 unspecified atom stereocenters. The maximum absolute atomic E-state index is 12.2. The number of rotatable bonds is 8. The molecule has 9 nitrogen and oxygen atoms in total. The Morgan fingerprint density at radius 3 is 2.47 bits per heavy atom. The van der Waals surface area contributed by atoms with Crippen molar-refractivity contribution >= 4 is 11.9 Å². The predicted octanol–water partition coefficient (Wildman–Crippen LogP) is 2.79. The van der Waals surface area contributed by atoms with Crippen LogP contribution in [-0.2, 0) is 9.53 Å². The Morgan fingerprint density at radius 1 is 1.03 bits per heavy atom. The van der Waals surface area contributed by atoms with Crippen LogP contribution in [0.1, 0.15) is 29.3 Å². The third-order valence-electron chi connectivity index (χ3n) is 4.16. The molecule has 0 aliphatic heterocycles. The van der Waals surface area contributed by atoms with Gasteiger partial charge in [-0.25, -0.2) is 0 Å². The van der Waals surface area contributed by atoms with Crippen molar-refractivity contribution in [2.45, 2.75) is 13.0 Å². The first-order chi connectivity index (χ1) is 14.5. The van der Waals surface area contributed by atoms with Crippen molar-refractivity contribution in [1.82, 2.24) is 15.5 Å². The van der Waals surface area contributed by atoms with Gasteiger partial charge in [0.05, 0.1) is 14.2 Å². The SMILES string of the molecule is COc1ccc(-c2nnc([C@@H](C)OC(=O)CNC(=O)c3cccc(OC)c3)o2)cc1. The summed E-state index contributed by atoms with van der Waals surface area (Å²) in [5.74, 6) is 0.635. The zero-order valence-corrected chi connectivity index (χ0v) is 16.7. The van der Waals surface area contributed by atoms with Gasteiger partial charge in [0.15, 0.2) is 6.10 Å². The summed E-state index contributed by atoms with van der Waals surface area (Å²) in [4.78, 5) is 24.2. The average molecular weight is 411 g/mol. The van der Waals surface area contributed by atoms with Crippen LogP contribution in [0, 0.1) is 0 Å². The summed E-state index contributed by atoms with van der Waals surface area (Å²) in [6, 6.07) is 13.7. The van der Waals surface area contributed by atoms with Gasteiger partial charge in [0.2, 0.25) is 5.89 Å². The molecule has 1 N–H and O–H groups in total. The lowest BCUT2D eigenvalue weighted by molar-refractivity contribution is -0.148. The van der Waals surface area contributed by atoms with Crippen LogP contribution in [-0.4, -0.2) is 42.8 Å². The molecular weight excluding hydrogens is 390 g/mol. The second-order valence-electron chi connectivity index (χ2n) is 6.22. The number of aromatic nitrogens is 2. The molecule has 0 fully saturated rings. The summed E-state index contributed by atoms with van der Waals surface area (Å²) >= 11 is 0. The average Bonchev–Trinajstić information content (AvgIpc) is 3.28. The zero-order chi connectivity index (χ0) is 21.5. The van der Waals surface area contributed by atoms with Crippen molar-refractivity contribution < 1.29 is 28.2 Å². The normalized spacial score (nSPS) is 11.4. The topological polar surface area (TPSA) is 113 Å². The van der Waals surface area contributed by atoms with Crippen molar-refractivity contribution in [3.63, 3.8) is 0 Å². The quantitative estimate of drug-likeness (QED) is 0.563. The minimum atomic E-state index is -0.772. The molecule has 1 atom stereocenters. The van der Waals surface area contributed by atoms with E-state index in [4.69, 9.17) is 18.6 Å². The molecule has 1 aromatic heterocycles. The monoisotopic (exact) mass is 411 g/mol. The molecule has 9 heteroatoms. The molecule has 0 saturated heterocycles. The number of carbonyl (C=O) groups excluding carboxylic acids is 2. The maximum Gasteiger partial charge on any atom is 0.326 e. The fourth-order valence-corrected chi connectivity index (χ4v) is 2.56. The summed E-state index contributed by atoms with van der Waals surface area (Å²) in [5.41, 5.74) is 1.08. The van der Waals surface area contributed by atoms with E-state index in [1.165, 1.54) is 7.11 Å². The highest BCUT2D eigenvalue weighted by Crippen LogP contribution is 2.24. The lowest BCUT2D eigenvalue weighted by Gasteiger charge is -2.10. The number of benzene rings is 2. The Hall–Kier alpha value is -3.88. The smallest absolute Gasteiger partial charge is 0.326 e. The molecule has 3 aromatic rings. The zero-order valence-electron chi connectivity index (χ0n) is 16.7. The van der Waals surface area contributed by atoms with E-state index >= 15 is 0 Å². The number of methoxy groups -OCH3 is 2. The minimum Gasteiger partial charge on any atom is -0.497 e. The van der Waals surface area contributed by atoms with Crippen molar-refractivity contribution in [3.05, 3.63) is 60.0 Å². The molecule has 0 radical (unpaired) electrons. The largest absolute Gasteiger partial charge is 0.497 e. The number of esters is 1. The van der Waals surface area contributed by atoms with Crippen LogP contribution < -0.4 is 14.8 Å². The molecule has 0 aliphatic carbocycles. The van der Waals surface area contributed by atoms with Crippen LogP contribution >= 0.6 is 0 Å². The van der Waals surface area contributed by atoms with Crippen molar-refractivity contribution in [3.8, 4) is 23.0 Å². The van der Waals surface area contributed by atoms with Gasteiger partial charge < -0.3 is 23.9 Å². The third kappa shape index (κ3) is 5.13. The summed E-state index contributed by atoms with van der Waals surface area (Å²) < 4.78 is 21.0. The van der Waals surface area contributed by atoms with E-state index in [1.807, 2.05) is 0 Å². The summed E-state index contributed by atoms with van der Waals surface area (Å²) in [5, 5.41) is 10.4. The Balaban J connectivity index is 1.54. The van der Waals surface area contributed by atoms with Gasteiger partial charge in [-0.1, -0.05) is 6.07 Å². The Morgan fingerprint density at radius 2 is 1.77 bits per heavy atom. The van der Waals surface area contributed by atoms with E-state index in [-0.39, 0.29) is 12.4 Å². The number of nitrogens with zero attached hydrogens (tertiary/aromatic N) is 2. The van der Waals surface area contributed by atoms with Gasteiger partial charge in [-0.3, -0.25) is 9.59 Å². The third-order valence-corrected chi connectivity index (χ3v) is 4.16. The Labute approximate surface area is 173 Å². The lowest BCUT2D eigenvalue weighted by Crippen LogP contribution is -2.31. The van der Waals surface area contributed by atoms with Crippen LogP contribution in [0.2, 0.25) is 0 Å². The number of hydrogen-bond donors (Lipinski definition) is 1. The van der Waals surface area contributed by atoms with Crippen LogP contribution in [0.3, 0.4) is 0 Å². The Kier molecular flexibility index (Phi) is 6.63. The van der Waals surface area contributed by atoms with Crippen molar-refractivity contribution in [1.29, 1.82) is 0 Å². The molecule has 2 aromatic carbocycles. The van der Waals surface area contributed by atoms with Gasteiger partial charge in [-0.05, 0) is 49.4 Å². The predicted molar refractivity (Wildman–Crippen MR) is 106 cm³/mol. The molecule has 0 spiro atoms. The summed E-state index contributed by atoms with van der Waals surface area (Å²) in [6.45, 7) is 1.30. The van der Waals surface area contributed by atoms with Gasteiger partial charge >= 0.3 is 5.97 Å². The molecule has 1 amide bonds. The first-order valence-corrected chi connectivity index (χ1v) is 9.09. The van der Waals surface area contributed by atoms with E-state index in [0.29, 0.717) is 28.5 Å². The fourth-order valence-electron chi connectivity index (χ4n) is 2.56. The van der Waals surface area contributed by atoms with Crippen molar-refractivity contribution in [2.24, 2.45) is 0 Å². The molecule has 156 valence electrons. The number of nitrogens with one attached hydrogen (secondary N) is 1. The maximum atomic E-state index is 12.2. The first-order valence-electron chi connectivity index (χ1n) is 9.09. The Bertz CT molecular complexity index is 1020. The van der Waals surface area contributed by atoms with Gasteiger partial charge in [0.25, 0.3) is 11.8 Å².